The van der Waals surface area contributed by atoms with E-state index in [2.05, 4.69) is 29.6 Å². The number of hydrogen-bond acceptors (Lipinski definition) is 3. The zero-order valence-corrected chi connectivity index (χ0v) is 11.6. The van der Waals surface area contributed by atoms with Gasteiger partial charge in [0.05, 0.1) is 13.2 Å². The van der Waals surface area contributed by atoms with E-state index in [9.17, 15) is 0 Å². The van der Waals surface area contributed by atoms with Crippen LogP contribution in [-0.2, 0) is 11.3 Å². The molecule has 1 heterocycles. The molecule has 1 unspecified atom stereocenters. The Hall–Kier alpha value is -2.00. The monoisotopic (exact) mass is 269 g/mol. The lowest BCUT2D eigenvalue weighted by Crippen LogP contribution is -2.14. The van der Waals surface area contributed by atoms with Gasteiger partial charge in [-0.2, -0.15) is 0 Å². The van der Waals surface area contributed by atoms with Gasteiger partial charge < -0.3 is 14.8 Å². The molecule has 1 aliphatic heterocycles. The summed E-state index contributed by atoms with van der Waals surface area (Å²) in [4.78, 5) is 0. The minimum atomic E-state index is 0.404. The summed E-state index contributed by atoms with van der Waals surface area (Å²) in [6.07, 6.45) is 0. The number of nitrogens with one attached hydrogen (secondary N) is 1. The average molecular weight is 269 g/mol. The maximum Gasteiger partial charge on any atom is 0.122 e. The van der Waals surface area contributed by atoms with Crippen molar-refractivity contribution in [1.29, 1.82) is 0 Å². The van der Waals surface area contributed by atoms with Crippen molar-refractivity contribution in [3.8, 4) is 5.75 Å². The zero-order valence-electron chi connectivity index (χ0n) is 11.6. The molecular weight excluding hydrogens is 250 g/mol. The van der Waals surface area contributed by atoms with Gasteiger partial charge in [0.15, 0.2) is 0 Å². The molecule has 0 saturated carbocycles. The summed E-state index contributed by atoms with van der Waals surface area (Å²) in [5.74, 6) is 1.42. The van der Waals surface area contributed by atoms with Gasteiger partial charge in [-0.15, -0.1) is 0 Å². The number of methoxy groups -OCH3 is 1. The van der Waals surface area contributed by atoms with Crippen molar-refractivity contribution in [2.45, 2.75) is 12.5 Å². The lowest BCUT2D eigenvalue weighted by molar-refractivity contribution is 0.185. The van der Waals surface area contributed by atoms with Crippen LogP contribution in [0.2, 0.25) is 0 Å². The maximum atomic E-state index is 5.71. The Bertz CT molecular complexity index is 583. The third kappa shape index (κ3) is 2.63. The van der Waals surface area contributed by atoms with Crippen LogP contribution in [0.1, 0.15) is 17.0 Å². The van der Waals surface area contributed by atoms with E-state index in [0.717, 1.165) is 24.6 Å². The molecule has 2 aromatic carbocycles. The summed E-state index contributed by atoms with van der Waals surface area (Å²) in [7, 11) is 1.72. The molecule has 0 aliphatic carbocycles. The molecule has 0 spiro atoms. The van der Waals surface area contributed by atoms with Gasteiger partial charge in [-0.3, -0.25) is 0 Å². The summed E-state index contributed by atoms with van der Waals surface area (Å²) in [5.41, 5.74) is 3.62. The fraction of sp³-hybridized carbons (Fsp3) is 0.294. The molecule has 0 aromatic heterocycles. The summed E-state index contributed by atoms with van der Waals surface area (Å²) in [5, 5.41) is 3.52. The number of anilines is 1. The van der Waals surface area contributed by atoms with Crippen LogP contribution in [-0.4, -0.2) is 20.3 Å². The van der Waals surface area contributed by atoms with Crippen LogP contribution in [0.5, 0.6) is 5.75 Å². The van der Waals surface area contributed by atoms with Gasteiger partial charge in [-0.25, -0.2) is 0 Å². The Balaban J connectivity index is 1.69. The van der Waals surface area contributed by atoms with Gasteiger partial charge >= 0.3 is 0 Å². The highest BCUT2D eigenvalue weighted by Crippen LogP contribution is 2.33. The standard InChI is InChI=1S/C17H19NO2/c1-19-11-13-6-2-4-8-16(13)18-10-14-12-20-17-9-5-3-7-15(14)17/h2-9,14,18H,10-12H2,1H3. The Morgan fingerprint density at radius 1 is 1.15 bits per heavy atom. The molecule has 0 fully saturated rings. The second-order valence-corrected chi connectivity index (χ2v) is 5.02. The third-order valence-electron chi connectivity index (χ3n) is 3.65. The number of hydrogen-bond donors (Lipinski definition) is 1. The largest absolute Gasteiger partial charge is 0.493 e. The molecular formula is C17H19NO2. The van der Waals surface area contributed by atoms with Gasteiger partial charge in [0.1, 0.15) is 5.75 Å². The number of benzene rings is 2. The first kappa shape index (κ1) is 13.0. The smallest absolute Gasteiger partial charge is 0.122 e. The van der Waals surface area contributed by atoms with Crippen LogP contribution in [0.25, 0.3) is 0 Å². The second-order valence-electron chi connectivity index (χ2n) is 5.02. The minimum absolute atomic E-state index is 0.404. The van der Waals surface area contributed by atoms with Gasteiger partial charge in [0.2, 0.25) is 0 Å². The van der Waals surface area contributed by atoms with Gasteiger partial charge in [0, 0.05) is 36.4 Å². The van der Waals surface area contributed by atoms with Crippen molar-refractivity contribution in [2.24, 2.45) is 0 Å². The average Bonchev–Trinajstić information content (AvgIpc) is 2.90. The maximum absolute atomic E-state index is 5.71. The molecule has 20 heavy (non-hydrogen) atoms. The highest BCUT2D eigenvalue weighted by Gasteiger charge is 2.23. The molecule has 3 rings (SSSR count). The molecule has 1 aliphatic rings. The lowest BCUT2D eigenvalue weighted by Gasteiger charge is -2.14. The predicted molar refractivity (Wildman–Crippen MR) is 80.3 cm³/mol. The number of ether oxygens (including phenoxy) is 2. The fourth-order valence-electron chi connectivity index (χ4n) is 2.61. The molecule has 1 atom stereocenters. The van der Waals surface area contributed by atoms with Crippen molar-refractivity contribution in [3.05, 3.63) is 59.7 Å². The first-order valence-electron chi connectivity index (χ1n) is 6.91. The molecule has 3 heteroatoms. The quantitative estimate of drug-likeness (QED) is 0.902. The van der Waals surface area contributed by atoms with Crippen LogP contribution >= 0.6 is 0 Å². The Kier molecular flexibility index (Phi) is 3.88. The molecule has 1 N–H and O–H groups in total. The normalized spacial score (nSPS) is 16.6. The van der Waals surface area contributed by atoms with Crippen molar-refractivity contribution < 1.29 is 9.47 Å². The second kappa shape index (κ2) is 5.97. The topological polar surface area (TPSA) is 30.5 Å². The van der Waals surface area contributed by atoms with Gasteiger partial charge in [-0.1, -0.05) is 36.4 Å². The first-order chi connectivity index (χ1) is 9.88. The van der Waals surface area contributed by atoms with E-state index in [1.54, 1.807) is 7.11 Å². The molecule has 3 nitrogen and oxygen atoms in total. The van der Waals surface area contributed by atoms with E-state index in [1.807, 2.05) is 24.3 Å². The van der Waals surface area contributed by atoms with Crippen molar-refractivity contribution in [1.82, 2.24) is 0 Å². The molecule has 0 bridgehead atoms. The number of rotatable bonds is 5. The van der Waals surface area contributed by atoms with Crippen LogP contribution in [0.3, 0.4) is 0 Å². The van der Waals surface area contributed by atoms with Crippen LogP contribution < -0.4 is 10.1 Å². The van der Waals surface area contributed by atoms with E-state index in [-0.39, 0.29) is 0 Å². The fourth-order valence-corrected chi connectivity index (χ4v) is 2.61. The Labute approximate surface area is 119 Å². The van der Waals surface area contributed by atoms with E-state index in [4.69, 9.17) is 9.47 Å². The third-order valence-corrected chi connectivity index (χ3v) is 3.65. The Morgan fingerprint density at radius 2 is 1.95 bits per heavy atom. The summed E-state index contributed by atoms with van der Waals surface area (Å²) >= 11 is 0. The predicted octanol–water partition coefficient (Wildman–Crippen LogP) is 3.42. The number of para-hydroxylation sites is 2. The summed E-state index contributed by atoms with van der Waals surface area (Å²) in [6.45, 7) is 2.25. The lowest BCUT2D eigenvalue weighted by atomic mass is 10.0. The van der Waals surface area contributed by atoms with Gasteiger partial charge in [-0.05, 0) is 12.1 Å². The summed E-state index contributed by atoms with van der Waals surface area (Å²) < 4.78 is 10.9. The van der Waals surface area contributed by atoms with Crippen LogP contribution in [0.4, 0.5) is 5.69 Å². The minimum Gasteiger partial charge on any atom is -0.493 e. The Morgan fingerprint density at radius 3 is 2.85 bits per heavy atom. The molecule has 0 amide bonds. The van der Waals surface area contributed by atoms with Gasteiger partial charge in [0.25, 0.3) is 0 Å². The van der Waals surface area contributed by atoms with E-state index < -0.39 is 0 Å². The SMILES string of the molecule is COCc1ccccc1NCC1COc2ccccc21. The molecule has 104 valence electrons. The van der Waals surface area contributed by atoms with Crippen molar-refractivity contribution in [2.75, 3.05) is 25.6 Å². The van der Waals surface area contributed by atoms with E-state index >= 15 is 0 Å². The van der Waals surface area contributed by atoms with Crippen LogP contribution in [0, 0.1) is 0 Å². The van der Waals surface area contributed by atoms with Crippen LogP contribution in [0.15, 0.2) is 48.5 Å². The highest BCUT2D eigenvalue weighted by molar-refractivity contribution is 5.51. The van der Waals surface area contributed by atoms with E-state index in [1.165, 1.54) is 11.1 Å². The molecule has 0 saturated heterocycles. The molecule has 0 radical (unpaired) electrons. The zero-order chi connectivity index (χ0) is 13.8. The molecule has 2 aromatic rings. The van der Waals surface area contributed by atoms with Crippen molar-refractivity contribution >= 4 is 5.69 Å². The summed E-state index contributed by atoms with van der Waals surface area (Å²) in [6, 6.07) is 16.5. The highest BCUT2D eigenvalue weighted by atomic mass is 16.5. The van der Waals surface area contributed by atoms with Crippen molar-refractivity contribution in [3.63, 3.8) is 0 Å². The van der Waals surface area contributed by atoms with E-state index in [0.29, 0.717) is 12.5 Å². The first-order valence-corrected chi connectivity index (χ1v) is 6.91. The number of fused-ring (bicyclic) bond motifs is 1.